The molecule has 0 bridgehead atoms. The van der Waals surface area contributed by atoms with E-state index < -0.39 is 0 Å². The van der Waals surface area contributed by atoms with E-state index in [2.05, 4.69) is 95.6 Å². The molecule has 0 unspecified atom stereocenters. The zero-order valence-corrected chi connectivity index (χ0v) is 36.5. The molecule has 6 aromatic rings. The van der Waals surface area contributed by atoms with E-state index in [1.165, 1.54) is 45.8 Å². The summed E-state index contributed by atoms with van der Waals surface area (Å²) in [5, 5.41) is 57.2. The Morgan fingerprint density at radius 3 is 1.40 bits per heavy atom. The molecule has 2 aromatic heterocycles. The fourth-order valence-corrected chi connectivity index (χ4v) is 9.11. The molecule has 2 aliphatic rings. The van der Waals surface area contributed by atoms with Crippen molar-refractivity contribution in [1.82, 2.24) is 19.6 Å². The predicted molar refractivity (Wildman–Crippen MR) is 255 cm³/mol. The third kappa shape index (κ3) is 9.40. The van der Waals surface area contributed by atoms with Crippen molar-refractivity contribution in [2.45, 2.75) is 90.1 Å². The number of fused-ring (bicyclic) bond motifs is 2. The lowest BCUT2D eigenvalue weighted by Gasteiger charge is -2.30. The van der Waals surface area contributed by atoms with Crippen LogP contribution in [-0.2, 0) is 26.9 Å². The molecule has 12 heteroatoms. The average molecular weight is 829 g/mol. The van der Waals surface area contributed by atoms with Crippen molar-refractivity contribution in [3.05, 3.63) is 141 Å². The summed E-state index contributed by atoms with van der Waals surface area (Å²) in [5.74, 6) is 0.649. The van der Waals surface area contributed by atoms with Gasteiger partial charge in [0, 0.05) is 75.6 Å². The summed E-state index contributed by atoms with van der Waals surface area (Å²) in [6.45, 7) is 8.67. The zero-order chi connectivity index (χ0) is 43.9. The molecule has 4 aromatic carbocycles. The number of nitrogens with one attached hydrogen (secondary N) is 6. The highest BCUT2D eigenvalue weighted by atomic mass is 15.3. The Morgan fingerprint density at radius 1 is 0.645 bits per heavy atom. The van der Waals surface area contributed by atoms with Gasteiger partial charge in [-0.1, -0.05) is 39.8 Å². The molecule has 2 aliphatic carbocycles. The molecule has 0 spiro atoms. The smallest absolute Gasteiger partial charge is 0.0994 e. The number of nitriles is 2. The van der Waals surface area contributed by atoms with Crippen molar-refractivity contribution in [2.75, 3.05) is 21.3 Å². The van der Waals surface area contributed by atoms with Gasteiger partial charge in [0.2, 0.25) is 0 Å². The van der Waals surface area contributed by atoms with Gasteiger partial charge in [0.15, 0.2) is 0 Å². The Balaban J connectivity index is 0.000000234. The maximum absolute atomic E-state index is 9.58. The van der Waals surface area contributed by atoms with Crippen LogP contribution in [0.5, 0.6) is 0 Å². The highest BCUT2D eigenvalue weighted by Crippen LogP contribution is 2.40. The molecule has 0 aliphatic heterocycles. The van der Waals surface area contributed by atoms with E-state index in [0.29, 0.717) is 11.8 Å². The fourth-order valence-electron chi connectivity index (χ4n) is 9.11. The van der Waals surface area contributed by atoms with Crippen molar-refractivity contribution in [3.8, 4) is 12.1 Å². The molecule has 6 N–H and O–H groups in total. The molecule has 0 saturated heterocycles. The fraction of sp³-hybridized carbons (Fsp3) is 0.320. The van der Waals surface area contributed by atoms with Crippen molar-refractivity contribution in [3.63, 3.8) is 0 Å². The molecule has 0 radical (unpaired) electrons. The maximum atomic E-state index is 9.58. The monoisotopic (exact) mass is 829 g/mol. The molecule has 2 heterocycles. The topological polar surface area (TPSA) is 179 Å². The van der Waals surface area contributed by atoms with E-state index in [-0.39, 0.29) is 14.9 Å². The number of hydrogen-bond acceptors (Lipinski definition) is 10. The Bertz CT molecular complexity index is 2500. The first-order chi connectivity index (χ1) is 30.0. The largest absolute Gasteiger partial charge is 0.378 e. The number of hydrogen-bond donors (Lipinski definition) is 6. The molecule has 2 atom stereocenters. The van der Waals surface area contributed by atoms with Gasteiger partial charge in [-0.05, 0) is 132 Å². The lowest BCUT2D eigenvalue weighted by atomic mass is 9.80. The Kier molecular flexibility index (Phi) is 13.2. The van der Waals surface area contributed by atoms with Crippen LogP contribution in [-0.4, -0.2) is 32.0 Å². The van der Waals surface area contributed by atoms with Crippen LogP contribution in [0.1, 0.15) is 136 Å². The van der Waals surface area contributed by atoms with Gasteiger partial charge >= 0.3 is 0 Å². The van der Waals surface area contributed by atoms with Crippen LogP contribution in [0, 0.1) is 33.5 Å². The van der Waals surface area contributed by atoms with E-state index in [1.807, 2.05) is 62.9 Å². The van der Waals surface area contributed by atoms with Crippen molar-refractivity contribution >= 4 is 46.6 Å². The lowest BCUT2D eigenvalue weighted by molar-refractivity contribution is 0.592. The van der Waals surface area contributed by atoms with Gasteiger partial charge in [0.1, 0.15) is 0 Å². The van der Waals surface area contributed by atoms with Gasteiger partial charge in [-0.25, -0.2) is 0 Å². The van der Waals surface area contributed by atoms with Gasteiger partial charge in [-0.15, -0.1) is 0 Å². The summed E-state index contributed by atoms with van der Waals surface area (Å²) in [4.78, 5) is 0. The number of rotatable bonds is 12. The number of aromatic nitrogens is 4. The minimum absolute atomic E-state index is 0. The number of benzene rings is 4. The van der Waals surface area contributed by atoms with E-state index in [9.17, 15) is 10.5 Å². The second-order valence-corrected chi connectivity index (χ2v) is 16.8. The average Bonchev–Trinajstić information content (AvgIpc) is 3.88. The third-order valence-corrected chi connectivity index (χ3v) is 11.8. The van der Waals surface area contributed by atoms with Crippen LogP contribution in [0.4, 0.5) is 34.1 Å². The van der Waals surface area contributed by atoms with Gasteiger partial charge in [-0.2, -0.15) is 20.7 Å². The normalized spacial score (nSPS) is 15.3. The molecule has 0 fully saturated rings. The summed E-state index contributed by atoms with van der Waals surface area (Å²) in [5.41, 5.74) is 16.4. The molecular weight excluding hydrogens is 769 g/mol. The summed E-state index contributed by atoms with van der Waals surface area (Å²) in [6.07, 6.45) is 16.4. The summed E-state index contributed by atoms with van der Waals surface area (Å²) in [6, 6.07) is 25.4. The van der Waals surface area contributed by atoms with E-state index in [0.717, 1.165) is 94.9 Å². The highest BCUT2D eigenvalue weighted by molar-refractivity contribution is 5.89. The Morgan fingerprint density at radius 2 is 1.06 bits per heavy atom. The minimum atomic E-state index is 0. The molecule has 0 amide bonds. The van der Waals surface area contributed by atoms with E-state index >= 15 is 0 Å². The number of aryl methyl sites for hydroxylation is 2. The molecule has 62 heavy (non-hydrogen) atoms. The van der Waals surface area contributed by atoms with Crippen LogP contribution < -0.4 is 21.3 Å². The van der Waals surface area contributed by atoms with Crippen molar-refractivity contribution in [2.24, 2.45) is 14.1 Å². The quantitative estimate of drug-likeness (QED) is 0.0660. The standard InChI is InChI=1S/2C25H28N6.2H2/c2*1-16(2)25-18(13-27)8-10-21-22(25)5-4-6-23(21)29-19-9-7-17(12-26)24(11-19)30-20-14-28-31(3)15-20;;/h2*7-12,14-16,23,26,29-30H,4-6H2,1-3H3;2*1H/t2*23-;;/m10../s1. The lowest BCUT2D eigenvalue weighted by Crippen LogP contribution is -2.20. The first-order valence-corrected chi connectivity index (χ1v) is 21.4. The number of anilines is 6. The van der Waals surface area contributed by atoms with Crippen molar-refractivity contribution in [1.29, 1.82) is 21.3 Å². The van der Waals surface area contributed by atoms with Crippen LogP contribution in [0.2, 0.25) is 0 Å². The SMILES string of the molecule is CC(C)c1c(C#N)ccc2c1CCC[C@@H]2Nc1ccc(C=N)c(Nc2cnn(C)c2)c1.CC(C)c1c(C#N)ccc2c1CCC[C@H]2Nc1ccc(C=N)c(Nc2cnn(C)c2)c1.[HH].[HH]. The van der Waals surface area contributed by atoms with Gasteiger partial charge < -0.3 is 32.1 Å². The predicted octanol–water partition coefficient (Wildman–Crippen LogP) is 11.8. The van der Waals surface area contributed by atoms with Crippen LogP contribution in [0.25, 0.3) is 0 Å². The molecule has 320 valence electrons. The summed E-state index contributed by atoms with van der Waals surface area (Å²) < 4.78 is 3.49. The second-order valence-electron chi connectivity index (χ2n) is 16.8. The first-order valence-electron chi connectivity index (χ1n) is 21.4. The van der Waals surface area contributed by atoms with E-state index in [4.69, 9.17) is 10.8 Å². The summed E-state index contributed by atoms with van der Waals surface area (Å²) in [7, 11) is 3.76. The molecule has 0 saturated carbocycles. The Labute approximate surface area is 368 Å². The first kappa shape index (κ1) is 42.9. The molecule has 8 rings (SSSR count). The molecule has 12 nitrogen and oxygen atoms in total. The van der Waals surface area contributed by atoms with Gasteiger partial charge in [0.05, 0.1) is 59.1 Å². The van der Waals surface area contributed by atoms with Crippen LogP contribution in [0.15, 0.2) is 85.5 Å². The van der Waals surface area contributed by atoms with E-state index in [1.54, 1.807) is 21.8 Å². The summed E-state index contributed by atoms with van der Waals surface area (Å²) >= 11 is 0. The second kappa shape index (κ2) is 19.0. The minimum Gasteiger partial charge on any atom is -0.378 e. The Hall–Kier alpha value is -7.18. The number of nitrogens with zero attached hydrogens (tertiary/aromatic N) is 6. The third-order valence-electron chi connectivity index (χ3n) is 11.8. The maximum Gasteiger partial charge on any atom is 0.0994 e. The van der Waals surface area contributed by atoms with Gasteiger partial charge in [-0.3, -0.25) is 9.36 Å². The zero-order valence-electron chi connectivity index (χ0n) is 36.5. The van der Waals surface area contributed by atoms with Gasteiger partial charge in [0.25, 0.3) is 0 Å². The highest BCUT2D eigenvalue weighted by Gasteiger charge is 2.27. The van der Waals surface area contributed by atoms with Crippen molar-refractivity contribution < 1.29 is 2.85 Å². The van der Waals surface area contributed by atoms with Crippen LogP contribution in [0.3, 0.4) is 0 Å². The molecular formula is C50H60N12. The van der Waals surface area contributed by atoms with Crippen LogP contribution >= 0.6 is 0 Å².